The van der Waals surface area contributed by atoms with Crippen molar-refractivity contribution >= 4 is 21.9 Å². The van der Waals surface area contributed by atoms with E-state index in [1.54, 1.807) is 0 Å². The van der Waals surface area contributed by atoms with Gasteiger partial charge in [0.2, 0.25) is 34.8 Å². The minimum Gasteiger partial charge on any atom is -0.420 e. The van der Waals surface area contributed by atoms with Gasteiger partial charge in [-0.15, -0.1) is 0 Å². The summed E-state index contributed by atoms with van der Waals surface area (Å²) in [6.07, 6.45) is -0.468. The maximum Gasteiger partial charge on any atom is 0.313 e. The Morgan fingerprint density at radius 1 is 0.562 bits per heavy atom. The molecular weight excluding hydrogens is 515 g/mol. The molecule has 0 unspecified atom stereocenters. The Morgan fingerprint density at radius 2 is 0.906 bits per heavy atom. The van der Waals surface area contributed by atoms with E-state index in [0.29, 0.717) is 46.2 Å². The Morgan fingerprint density at radius 3 is 1.31 bits per heavy atom. The summed E-state index contributed by atoms with van der Waals surface area (Å²) in [5, 5.41) is 0.776. The van der Waals surface area contributed by atoms with Gasteiger partial charge in [0.1, 0.15) is 0 Å². The molecule has 0 spiro atoms. The van der Waals surface area contributed by atoms with Crippen LogP contribution < -0.4 is 4.74 Å². The number of carbonyl (C=O) groups is 1. The summed E-state index contributed by atoms with van der Waals surface area (Å²) < 4.78 is 96.2. The van der Waals surface area contributed by atoms with Gasteiger partial charge in [-0.2, -0.15) is 8.78 Å². The molecule has 184 valence electrons. The molecular formula is C19H24BrF5O7. The second kappa shape index (κ2) is 17.1. The highest BCUT2D eigenvalue weighted by atomic mass is 79.9. The van der Waals surface area contributed by atoms with Crippen molar-refractivity contribution < 1.29 is 55.2 Å². The highest BCUT2D eigenvalue weighted by Crippen LogP contribution is 2.29. The number of esters is 1. The average molecular weight is 539 g/mol. The van der Waals surface area contributed by atoms with E-state index < -0.39 is 47.2 Å². The first kappa shape index (κ1) is 28.7. The van der Waals surface area contributed by atoms with Crippen molar-refractivity contribution in [2.45, 2.75) is 6.42 Å². The third-order valence-electron chi connectivity index (χ3n) is 3.55. The van der Waals surface area contributed by atoms with Gasteiger partial charge in [-0.1, -0.05) is 15.9 Å². The highest BCUT2D eigenvalue weighted by molar-refractivity contribution is 9.09. The number of benzene rings is 1. The van der Waals surface area contributed by atoms with Gasteiger partial charge in [-0.3, -0.25) is 4.79 Å². The molecule has 0 aliphatic rings. The quantitative estimate of drug-likeness (QED) is 0.0540. The van der Waals surface area contributed by atoms with Crippen molar-refractivity contribution in [1.29, 1.82) is 0 Å². The van der Waals surface area contributed by atoms with Crippen LogP contribution in [-0.4, -0.2) is 77.4 Å². The molecule has 0 heterocycles. The molecule has 0 aliphatic heterocycles. The molecule has 0 fully saturated rings. The van der Waals surface area contributed by atoms with Crippen molar-refractivity contribution in [3.8, 4) is 5.75 Å². The van der Waals surface area contributed by atoms with Crippen molar-refractivity contribution in [1.82, 2.24) is 0 Å². The Bertz CT molecular complexity index is 668. The van der Waals surface area contributed by atoms with Gasteiger partial charge < -0.3 is 28.4 Å². The van der Waals surface area contributed by atoms with E-state index in [2.05, 4.69) is 20.7 Å². The fourth-order valence-corrected chi connectivity index (χ4v) is 2.26. The van der Waals surface area contributed by atoms with Crippen molar-refractivity contribution in [2.24, 2.45) is 0 Å². The van der Waals surface area contributed by atoms with Crippen molar-refractivity contribution in [2.75, 3.05) is 71.4 Å². The first-order chi connectivity index (χ1) is 15.4. The van der Waals surface area contributed by atoms with Crippen LogP contribution in [0.2, 0.25) is 0 Å². The minimum absolute atomic E-state index is 0.104. The molecule has 1 rings (SSSR count). The SMILES string of the molecule is O=C(CCOCCOCCOCCOCCOCCBr)Oc1c(F)c(F)c(F)c(F)c1F. The molecule has 32 heavy (non-hydrogen) atoms. The predicted molar refractivity (Wildman–Crippen MR) is 104 cm³/mol. The molecule has 0 bridgehead atoms. The first-order valence-corrected chi connectivity index (χ1v) is 10.7. The lowest BCUT2D eigenvalue weighted by Gasteiger charge is -2.09. The van der Waals surface area contributed by atoms with Gasteiger partial charge in [-0.25, -0.2) is 13.2 Å². The van der Waals surface area contributed by atoms with Crippen LogP contribution in [0.1, 0.15) is 6.42 Å². The summed E-state index contributed by atoms with van der Waals surface area (Å²) in [6.45, 7) is 3.21. The second-order valence-electron chi connectivity index (χ2n) is 5.87. The number of alkyl halides is 1. The number of rotatable bonds is 18. The third-order valence-corrected chi connectivity index (χ3v) is 3.87. The molecule has 1 aromatic carbocycles. The minimum atomic E-state index is -2.34. The van der Waals surface area contributed by atoms with Gasteiger partial charge in [0.15, 0.2) is 0 Å². The first-order valence-electron chi connectivity index (χ1n) is 9.56. The predicted octanol–water partition coefficient (Wildman–Crippen LogP) is 3.16. The maximum atomic E-state index is 13.4. The standard InChI is InChI=1S/C19H24BrF5O7/c20-2-4-28-6-8-30-10-12-31-11-9-29-7-5-27-3-1-13(26)32-19-17(24)15(22)14(21)16(23)18(19)25/h1-12H2. The fraction of sp³-hybridized carbons (Fsp3) is 0.632. The molecule has 0 radical (unpaired) electrons. The topological polar surface area (TPSA) is 72.5 Å². The van der Waals surface area contributed by atoms with E-state index in [1.807, 2.05) is 0 Å². The molecule has 0 amide bonds. The molecule has 0 aliphatic carbocycles. The summed E-state index contributed by atoms with van der Waals surface area (Å²) in [6, 6.07) is 0. The van der Waals surface area contributed by atoms with Crippen LogP contribution in [0, 0.1) is 29.1 Å². The van der Waals surface area contributed by atoms with Crippen LogP contribution in [0.4, 0.5) is 22.0 Å². The molecule has 13 heteroatoms. The van der Waals surface area contributed by atoms with E-state index in [9.17, 15) is 26.7 Å². The van der Waals surface area contributed by atoms with E-state index in [4.69, 9.17) is 23.7 Å². The summed E-state index contributed by atoms with van der Waals surface area (Å²) in [5.41, 5.74) is 0. The number of halogens is 6. The van der Waals surface area contributed by atoms with E-state index in [0.717, 1.165) is 5.33 Å². The average Bonchev–Trinajstić information content (AvgIpc) is 2.79. The zero-order valence-electron chi connectivity index (χ0n) is 17.1. The third kappa shape index (κ3) is 11.0. The maximum absolute atomic E-state index is 13.4. The summed E-state index contributed by atoms with van der Waals surface area (Å²) in [4.78, 5) is 11.5. The van der Waals surface area contributed by atoms with E-state index >= 15 is 0 Å². The lowest BCUT2D eigenvalue weighted by atomic mass is 10.2. The van der Waals surface area contributed by atoms with Gasteiger partial charge in [-0.05, 0) is 0 Å². The van der Waals surface area contributed by atoms with Gasteiger partial charge in [0.05, 0.1) is 72.5 Å². The molecule has 7 nitrogen and oxygen atoms in total. The van der Waals surface area contributed by atoms with Crippen LogP contribution in [-0.2, 0) is 28.5 Å². The van der Waals surface area contributed by atoms with Crippen LogP contribution in [0.3, 0.4) is 0 Å². The largest absolute Gasteiger partial charge is 0.420 e. The van der Waals surface area contributed by atoms with Crippen LogP contribution in [0.5, 0.6) is 5.75 Å². The molecule has 0 atom stereocenters. The monoisotopic (exact) mass is 538 g/mol. The molecule has 0 aromatic heterocycles. The Hall–Kier alpha value is -1.38. The zero-order chi connectivity index (χ0) is 23.8. The number of hydrogen-bond donors (Lipinski definition) is 0. The van der Waals surface area contributed by atoms with Gasteiger partial charge >= 0.3 is 5.97 Å². The Balaban J connectivity index is 2.02. The van der Waals surface area contributed by atoms with Crippen molar-refractivity contribution in [3.63, 3.8) is 0 Å². The molecule has 0 saturated carbocycles. The van der Waals surface area contributed by atoms with E-state index in [1.165, 1.54) is 0 Å². The summed E-state index contributed by atoms with van der Waals surface area (Å²) in [5.74, 6) is -14.1. The number of ether oxygens (including phenoxy) is 6. The van der Waals surface area contributed by atoms with Gasteiger partial charge in [0.25, 0.3) is 0 Å². The number of carbonyl (C=O) groups excluding carboxylic acids is 1. The molecule has 0 N–H and O–H groups in total. The smallest absolute Gasteiger partial charge is 0.313 e. The number of hydrogen-bond acceptors (Lipinski definition) is 7. The van der Waals surface area contributed by atoms with Crippen LogP contribution >= 0.6 is 15.9 Å². The normalized spacial score (nSPS) is 11.2. The summed E-state index contributed by atoms with van der Waals surface area (Å²) >= 11 is 3.24. The Kier molecular flexibility index (Phi) is 15.3. The molecule has 1 aromatic rings. The zero-order valence-corrected chi connectivity index (χ0v) is 18.7. The van der Waals surface area contributed by atoms with E-state index in [-0.39, 0.29) is 19.8 Å². The fourth-order valence-electron chi connectivity index (χ4n) is 2.03. The van der Waals surface area contributed by atoms with Crippen LogP contribution in [0.25, 0.3) is 0 Å². The highest BCUT2D eigenvalue weighted by Gasteiger charge is 2.28. The molecule has 0 saturated heterocycles. The van der Waals surface area contributed by atoms with Crippen LogP contribution in [0.15, 0.2) is 0 Å². The van der Waals surface area contributed by atoms with Gasteiger partial charge in [0, 0.05) is 5.33 Å². The van der Waals surface area contributed by atoms with Crippen molar-refractivity contribution in [3.05, 3.63) is 29.1 Å². The summed E-state index contributed by atoms with van der Waals surface area (Å²) in [7, 11) is 0. The lowest BCUT2D eigenvalue weighted by molar-refractivity contribution is -0.136. The second-order valence-corrected chi connectivity index (χ2v) is 6.67. The Labute approximate surface area is 190 Å². The lowest BCUT2D eigenvalue weighted by Crippen LogP contribution is -2.16.